The largest absolute Gasteiger partial charge is 0.494 e. The minimum Gasteiger partial charge on any atom is -0.494 e. The molecule has 8 heteroatoms. The summed E-state index contributed by atoms with van der Waals surface area (Å²) in [6.07, 6.45) is 0.879. The number of rotatable bonds is 9. The number of carbonyl (C=O) groups is 2. The van der Waals surface area contributed by atoms with Crippen LogP contribution in [0.5, 0.6) is 11.5 Å². The van der Waals surface area contributed by atoms with Crippen LogP contribution in [0.15, 0.2) is 78.9 Å². The van der Waals surface area contributed by atoms with Crippen LogP contribution in [0.1, 0.15) is 23.7 Å². The molecule has 0 aliphatic carbocycles. The molecular formula is C25H25N3O4S. The van der Waals surface area contributed by atoms with Gasteiger partial charge >= 0.3 is 0 Å². The molecule has 0 radical (unpaired) electrons. The van der Waals surface area contributed by atoms with Crippen molar-refractivity contribution in [2.45, 2.75) is 13.3 Å². The molecule has 33 heavy (non-hydrogen) atoms. The third-order valence-corrected chi connectivity index (χ3v) is 4.52. The second-order valence-corrected chi connectivity index (χ2v) is 7.42. The number of hydrogen-bond acceptors (Lipinski definition) is 5. The summed E-state index contributed by atoms with van der Waals surface area (Å²) in [6.45, 7) is 2.48. The summed E-state index contributed by atoms with van der Waals surface area (Å²) in [5, 5.41) is 8.50. The first kappa shape index (κ1) is 23.7. The SMILES string of the molecule is CCCOc1cccc(C(=O)NC(=S)Nc2cccc(NC(=O)COc3ccccc3)c2)c1. The van der Waals surface area contributed by atoms with Crippen molar-refractivity contribution in [3.8, 4) is 11.5 Å². The van der Waals surface area contributed by atoms with Crippen molar-refractivity contribution in [2.75, 3.05) is 23.8 Å². The molecule has 0 fully saturated rings. The summed E-state index contributed by atoms with van der Waals surface area (Å²) in [5.41, 5.74) is 1.62. The van der Waals surface area contributed by atoms with Gasteiger partial charge in [-0.25, -0.2) is 0 Å². The average Bonchev–Trinajstić information content (AvgIpc) is 2.82. The van der Waals surface area contributed by atoms with Crippen LogP contribution in [0.2, 0.25) is 0 Å². The molecule has 3 aromatic carbocycles. The average molecular weight is 464 g/mol. The topological polar surface area (TPSA) is 88.7 Å². The van der Waals surface area contributed by atoms with Gasteiger partial charge in [0.05, 0.1) is 6.61 Å². The Bertz CT molecular complexity index is 1110. The van der Waals surface area contributed by atoms with Gasteiger partial charge in [-0.3, -0.25) is 14.9 Å². The molecule has 170 valence electrons. The molecule has 0 aromatic heterocycles. The van der Waals surface area contributed by atoms with Gasteiger partial charge in [0.2, 0.25) is 0 Å². The molecule has 0 aliphatic rings. The third-order valence-electron chi connectivity index (χ3n) is 4.31. The van der Waals surface area contributed by atoms with Gasteiger partial charge in [-0.2, -0.15) is 0 Å². The zero-order chi connectivity index (χ0) is 23.5. The Labute approximate surface area is 198 Å². The number of anilines is 2. The van der Waals surface area contributed by atoms with E-state index in [0.29, 0.717) is 35.0 Å². The number of para-hydroxylation sites is 1. The monoisotopic (exact) mass is 463 g/mol. The van der Waals surface area contributed by atoms with Crippen molar-refractivity contribution >= 4 is 40.5 Å². The normalized spacial score (nSPS) is 10.1. The standard InChI is InChI=1S/C25H25N3O4S/c1-2-14-31-22-13-6-8-18(15-22)24(30)28-25(33)27-20-10-7-9-19(16-20)26-23(29)17-32-21-11-4-3-5-12-21/h3-13,15-16H,2,14,17H2,1H3,(H,26,29)(H2,27,28,30,33). The molecule has 3 rings (SSSR count). The highest BCUT2D eigenvalue weighted by Gasteiger charge is 2.10. The lowest BCUT2D eigenvalue weighted by Crippen LogP contribution is -2.34. The number of amides is 2. The maximum absolute atomic E-state index is 12.5. The van der Waals surface area contributed by atoms with Gasteiger partial charge in [-0.15, -0.1) is 0 Å². The second kappa shape index (κ2) is 12.2. The number of nitrogens with one attached hydrogen (secondary N) is 3. The lowest BCUT2D eigenvalue weighted by Gasteiger charge is -2.12. The van der Waals surface area contributed by atoms with E-state index in [-0.39, 0.29) is 23.5 Å². The fourth-order valence-corrected chi connectivity index (χ4v) is 3.03. The number of thiocarbonyl (C=S) groups is 1. The van der Waals surface area contributed by atoms with Crippen LogP contribution in [0.3, 0.4) is 0 Å². The van der Waals surface area contributed by atoms with Gasteiger partial charge in [0, 0.05) is 16.9 Å². The van der Waals surface area contributed by atoms with Crippen molar-refractivity contribution in [2.24, 2.45) is 0 Å². The summed E-state index contributed by atoms with van der Waals surface area (Å²) in [6, 6.07) is 23.0. The summed E-state index contributed by atoms with van der Waals surface area (Å²) in [4.78, 5) is 24.7. The zero-order valence-electron chi connectivity index (χ0n) is 18.2. The van der Waals surface area contributed by atoms with E-state index in [2.05, 4.69) is 16.0 Å². The maximum Gasteiger partial charge on any atom is 0.262 e. The molecular weight excluding hydrogens is 438 g/mol. The highest BCUT2D eigenvalue weighted by Crippen LogP contribution is 2.16. The molecule has 0 bridgehead atoms. The van der Waals surface area contributed by atoms with Crippen molar-refractivity contribution in [3.63, 3.8) is 0 Å². The Morgan fingerprint density at radius 2 is 1.52 bits per heavy atom. The molecule has 0 aliphatic heterocycles. The number of benzene rings is 3. The lowest BCUT2D eigenvalue weighted by molar-refractivity contribution is -0.118. The third kappa shape index (κ3) is 7.93. The van der Waals surface area contributed by atoms with Gasteiger partial charge in [-0.05, 0) is 67.2 Å². The highest BCUT2D eigenvalue weighted by molar-refractivity contribution is 7.80. The number of hydrogen-bond donors (Lipinski definition) is 3. The highest BCUT2D eigenvalue weighted by atomic mass is 32.1. The predicted octanol–water partition coefficient (Wildman–Crippen LogP) is 4.62. The van der Waals surface area contributed by atoms with E-state index in [1.54, 1.807) is 60.7 Å². The molecule has 2 amide bonds. The van der Waals surface area contributed by atoms with Crippen LogP contribution in [-0.4, -0.2) is 30.1 Å². The van der Waals surface area contributed by atoms with Crippen LogP contribution >= 0.6 is 12.2 Å². The van der Waals surface area contributed by atoms with E-state index in [1.165, 1.54) is 0 Å². The van der Waals surface area contributed by atoms with Gasteiger partial charge < -0.3 is 20.1 Å². The Morgan fingerprint density at radius 1 is 0.818 bits per heavy atom. The molecule has 3 N–H and O–H groups in total. The summed E-state index contributed by atoms with van der Waals surface area (Å²) >= 11 is 5.26. The fourth-order valence-electron chi connectivity index (χ4n) is 2.82. The quantitative estimate of drug-likeness (QED) is 0.401. The van der Waals surface area contributed by atoms with Crippen LogP contribution in [0, 0.1) is 0 Å². The van der Waals surface area contributed by atoms with E-state index in [9.17, 15) is 9.59 Å². The van der Waals surface area contributed by atoms with Gasteiger partial charge in [0.15, 0.2) is 11.7 Å². The van der Waals surface area contributed by atoms with Gasteiger partial charge in [0.25, 0.3) is 11.8 Å². The number of carbonyl (C=O) groups excluding carboxylic acids is 2. The Kier molecular flexibility index (Phi) is 8.79. The van der Waals surface area contributed by atoms with E-state index >= 15 is 0 Å². The molecule has 0 saturated carbocycles. The lowest BCUT2D eigenvalue weighted by atomic mass is 10.2. The summed E-state index contributed by atoms with van der Waals surface area (Å²) in [7, 11) is 0. The van der Waals surface area contributed by atoms with Crippen molar-refractivity contribution < 1.29 is 19.1 Å². The first-order valence-electron chi connectivity index (χ1n) is 10.5. The van der Waals surface area contributed by atoms with Crippen molar-refractivity contribution in [1.29, 1.82) is 0 Å². The van der Waals surface area contributed by atoms with E-state index in [4.69, 9.17) is 21.7 Å². The van der Waals surface area contributed by atoms with E-state index < -0.39 is 0 Å². The summed E-state index contributed by atoms with van der Waals surface area (Å²) < 4.78 is 11.0. The second-order valence-electron chi connectivity index (χ2n) is 7.02. The van der Waals surface area contributed by atoms with E-state index in [0.717, 1.165) is 6.42 Å². The minimum absolute atomic E-state index is 0.114. The molecule has 7 nitrogen and oxygen atoms in total. The maximum atomic E-state index is 12.5. The van der Waals surface area contributed by atoms with E-state index in [1.807, 2.05) is 25.1 Å². The molecule has 0 spiro atoms. The first-order chi connectivity index (χ1) is 16.0. The van der Waals surface area contributed by atoms with Gasteiger partial charge in [0.1, 0.15) is 11.5 Å². The molecule has 0 atom stereocenters. The predicted molar refractivity (Wildman–Crippen MR) is 133 cm³/mol. The van der Waals surface area contributed by atoms with Gasteiger partial charge in [-0.1, -0.05) is 37.3 Å². The van der Waals surface area contributed by atoms with Crippen LogP contribution in [0.4, 0.5) is 11.4 Å². The molecule has 0 unspecified atom stereocenters. The fraction of sp³-hybridized carbons (Fsp3) is 0.160. The Hall–Kier alpha value is -3.91. The molecule has 3 aromatic rings. The molecule has 0 heterocycles. The Morgan fingerprint density at radius 3 is 2.27 bits per heavy atom. The zero-order valence-corrected chi connectivity index (χ0v) is 19.0. The van der Waals surface area contributed by atoms with Crippen molar-refractivity contribution in [3.05, 3.63) is 84.4 Å². The van der Waals surface area contributed by atoms with Crippen LogP contribution < -0.4 is 25.4 Å². The number of ether oxygens (including phenoxy) is 2. The smallest absolute Gasteiger partial charge is 0.262 e. The van der Waals surface area contributed by atoms with Crippen LogP contribution in [0.25, 0.3) is 0 Å². The minimum atomic E-state index is -0.350. The summed E-state index contributed by atoms with van der Waals surface area (Å²) in [5.74, 6) is 0.601. The van der Waals surface area contributed by atoms with Crippen LogP contribution in [-0.2, 0) is 4.79 Å². The van der Waals surface area contributed by atoms with Crippen molar-refractivity contribution in [1.82, 2.24) is 5.32 Å². The Balaban J connectivity index is 1.51. The first-order valence-corrected chi connectivity index (χ1v) is 10.9. The molecule has 0 saturated heterocycles.